The van der Waals surface area contributed by atoms with Gasteiger partial charge >= 0.3 is 0 Å². The van der Waals surface area contributed by atoms with Crippen LogP contribution in [0.3, 0.4) is 0 Å². The Morgan fingerprint density at radius 1 is 1.09 bits per heavy atom. The fraction of sp³-hybridized carbons (Fsp3) is 1.00. The molecule has 2 heterocycles. The fourth-order valence-electron chi connectivity index (χ4n) is 4.94. The summed E-state index contributed by atoms with van der Waals surface area (Å²) in [5, 5.41) is 37.8. The molecule has 194 valence electrons. The number of ether oxygens (including phenoxy) is 3. The molecule has 3 aliphatic rings. The Labute approximate surface area is 195 Å². The third-order valence-electron chi connectivity index (χ3n) is 7.12. The molecule has 1 aliphatic carbocycles. The Hall–Kier alpha value is -0.480. The van der Waals surface area contributed by atoms with Crippen molar-refractivity contribution >= 4 is 0 Å². The van der Waals surface area contributed by atoms with E-state index in [0.29, 0.717) is 12.8 Å². The summed E-state index contributed by atoms with van der Waals surface area (Å²) in [6.45, 7) is 3.61. The standard InChI is InChI=1S/C21H43N5O7/c1-10(24-3)15-6-5-12(22)19(31-15)33-26-11-7-13(23)17(14(27)8-11)32-20-16(28)18(25-4)21(2,29)9-30-20/h10-20,24-29H,5-9,22-23H2,1-4H3/t10?,11?,12-,13?,14?,15?,16?,17+,18-,19?,20+,21?/m0/s1. The number of hydrogen-bond acceptors (Lipinski definition) is 12. The van der Waals surface area contributed by atoms with E-state index in [1.165, 1.54) is 0 Å². The van der Waals surface area contributed by atoms with Crippen LogP contribution in [-0.4, -0.2) is 109 Å². The molecular weight excluding hydrogens is 434 g/mol. The van der Waals surface area contributed by atoms with Crippen molar-refractivity contribution in [1.82, 2.24) is 16.1 Å². The van der Waals surface area contributed by atoms with Crippen molar-refractivity contribution in [2.45, 2.75) is 112 Å². The van der Waals surface area contributed by atoms with E-state index in [1.807, 2.05) is 7.05 Å². The van der Waals surface area contributed by atoms with Crippen LogP contribution >= 0.6 is 0 Å². The Kier molecular flexibility index (Phi) is 9.45. The molecule has 0 aromatic carbocycles. The molecule has 2 aliphatic heterocycles. The molecule has 12 atom stereocenters. The second kappa shape index (κ2) is 11.5. The number of nitrogens with one attached hydrogen (secondary N) is 3. The summed E-state index contributed by atoms with van der Waals surface area (Å²) >= 11 is 0. The minimum atomic E-state index is -1.25. The zero-order valence-electron chi connectivity index (χ0n) is 20.0. The van der Waals surface area contributed by atoms with Gasteiger partial charge in [-0.25, -0.2) is 0 Å². The average molecular weight is 478 g/mol. The summed E-state index contributed by atoms with van der Waals surface area (Å²) in [5.41, 5.74) is 14.2. The third-order valence-corrected chi connectivity index (χ3v) is 7.12. The van der Waals surface area contributed by atoms with Gasteiger partial charge in [-0.1, -0.05) is 0 Å². The van der Waals surface area contributed by atoms with Crippen molar-refractivity contribution in [2.75, 3.05) is 20.7 Å². The van der Waals surface area contributed by atoms with Gasteiger partial charge in [-0.2, -0.15) is 5.48 Å². The highest BCUT2D eigenvalue weighted by Gasteiger charge is 2.48. The number of aliphatic hydroxyl groups excluding tert-OH is 2. The number of hydroxylamine groups is 1. The molecule has 12 heteroatoms. The average Bonchev–Trinajstić information content (AvgIpc) is 2.76. The van der Waals surface area contributed by atoms with Gasteiger partial charge in [0.25, 0.3) is 0 Å². The summed E-state index contributed by atoms with van der Waals surface area (Å²) in [7, 11) is 3.53. The Morgan fingerprint density at radius 3 is 2.45 bits per heavy atom. The first-order valence-corrected chi connectivity index (χ1v) is 11.8. The maximum absolute atomic E-state index is 10.7. The number of nitrogens with two attached hydrogens (primary N) is 2. The van der Waals surface area contributed by atoms with Gasteiger partial charge < -0.3 is 51.6 Å². The van der Waals surface area contributed by atoms with Gasteiger partial charge in [-0.3, -0.25) is 4.84 Å². The van der Waals surface area contributed by atoms with Crippen LogP contribution < -0.4 is 27.6 Å². The molecule has 33 heavy (non-hydrogen) atoms. The summed E-state index contributed by atoms with van der Waals surface area (Å²) in [6, 6.07) is -1.48. The molecule has 1 saturated carbocycles. The van der Waals surface area contributed by atoms with Crippen LogP contribution in [0, 0.1) is 0 Å². The largest absolute Gasteiger partial charge is 0.390 e. The molecule has 2 saturated heterocycles. The van der Waals surface area contributed by atoms with Crippen molar-refractivity contribution in [3.8, 4) is 0 Å². The Bertz CT molecular complexity index is 606. The van der Waals surface area contributed by atoms with Crippen molar-refractivity contribution in [1.29, 1.82) is 0 Å². The lowest BCUT2D eigenvalue weighted by molar-refractivity contribution is -0.294. The molecule has 0 aromatic heterocycles. The van der Waals surface area contributed by atoms with Crippen molar-refractivity contribution in [2.24, 2.45) is 11.5 Å². The minimum absolute atomic E-state index is 0.00252. The van der Waals surface area contributed by atoms with Gasteiger partial charge in [-0.15, -0.1) is 0 Å². The zero-order chi connectivity index (χ0) is 24.3. The SMILES string of the molecule is CNC(C)C1CC[C@H](N)C(ONC2CC(N)[C@@H](O[C@H]3OCC(C)(O)[C@@H](NC)C3O)C(O)C2)O1. The Morgan fingerprint density at radius 2 is 1.82 bits per heavy atom. The van der Waals surface area contributed by atoms with Gasteiger partial charge in [0.2, 0.25) is 0 Å². The highest BCUT2D eigenvalue weighted by molar-refractivity contribution is 4.99. The smallest absolute Gasteiger partial charge is 0.192 e. The van der Waals surface area contributed by atoms with Crippen LogP contribution in [0.2, 0.25) is 0 Å². The lowest BCUT2D eigenvalue weighted by Gasteiger charge is -2.46. The van der Waals surface area contributed by atoms with Crippen LogP contribution in [-0.2, 0) is 19.0 Å². The van der Waals surface area contributed by atoms with Gasteiger partial charge in [0.1, 0.15) is 17.8 Å². The Balaban J connectivity index is 1.51. The van der Waals surface area contributed by atoms with Crippen LogP contribution in [0.1, 0.15) is 39.5 Å². The highest BCUT2D eigenvalue weighted by atomic mass is 16.8. The summed E-state index contributed by atoms with van der Waals surface area (Å²) in [5.74, 6) is 0. The highest BCUT2D eigenvalue weighted by Crippen LogP contribution is 2.29. The first-order chi connectivity index (χ1) is 15.6. The molecule has 0 amide bonds. The molecule has 0 bridgehead atoms. The topological polar surface area (TPSA) is 186 Å². The van der Waals surface area contributed by atoms with Crippen molar-refractivity contribution in [3.63, 3.8) is 0 Å². The molecule has 3 fully saturated rings. The first-order valence-electron chi connectivity index (χ1n) is 11.8. The van der Waals surface area contributed by atoms with Crippen LogP contribution in [0.5, 0.6) is 0 Å². The van der Waals surface area contributed by atoms with E-state index < -0.39 is 48.6 Å². The zero-order valence-corrected chi connectivity index (χ0v) is 20.0. The lowest BCUT2D eigenvalue weighted by atomic mass is 9.86. The second-order valence-corrected chi connectivity index (χ2v) is 9.89. The molecule has 12 nitrogen and oxygen atoms in total. The maximum atomic E-state index is 10.7. The number of hydrogen-bond donors (Lipinski definition) is 8. The van der Waals surface area contributed by atoms with E-state index in [0.717, 1.165) is 12.8 Å². The number of aliphatic hydroxyl groups is 3. The van der Waals surface area contributed by atoms with Crippen LogP contribution in [0.25, 0.3) is 0 Å². The van der Waals surface area contributed by atoms with E-state index in [9.17, 15) is 15.3 Å². The molecule has 3 rings (SSSR count). The summed E-state index contributed by atoms with van der Waals surface area (Å²) in [6.07, 6.45) is -1.95. The molecule has 10 N–H and O–H groups in total. The number of rotatable bonds is 8. The lowest BCUT2D eigenvalue weighted by Crippen LogP contribution is -2.66. The van der Waals surface area contributed by atoms with Gasteiger partial charge in [0, 0.05) is 18.1 Å². The molecular formula is C21H43N5O7. The molecule has 0 radical (unpaired) electrons. The maximum Gasteiger partial charge on any atom is 0.192 e. The van der Waals surface area contributed by atoms with E-state index in [2.05, 4.69) is 23.0 Å². The van der Waals surface area contributed by atoms with Gasteiger partial charge in [0.15, 0.2) is 12.6 Å². The monoisotopic (exact) mass is 477 g/mol. The second-order valence-electron chi connectivity index (χ2n) is 9.89. The predicted octanol–water partition coefficient (Wildman–Crippen LogP) is -2.76. The van der Waals surface area contributed by atoms with Gasteiger partial charge in [-0.05, 0) is 53.6 Å². The normalized spacial score (nSPS) is 47.9. The molecule has 0 spiro atoms. The van der Waals surface area contributed by atoms with Crippen molar-refractivity contribution < 1.29 is 34.4 Å². The molecule has 0 aromatic rings. The van der Waals surface area contributed by atoms with E-state index in [1.54, 1.807) is 14.0 Å². The quantitative estimate of drug-likeness (QED) is 0.169. The van der Waals surface area contributed by atoms with E-state index in [4.69, 9.17) is 30.5 Å². The predicted molar refractivity (Wildman–Crippen MR) is 120 cm³/mol. The van der Waals surface area contributed by atoms with E-state index in [-0.39, 0.29) is 30.8 Å². The first kappa shape index (κ1) is 27.1. The van der Waals surface area contributed by atoms with Crippen LogP contribution in [0.4, 0.5) is 0 Å². The van der Waals surface area contributed by atoms with Crippen molar-refractivity contribution in [3.05, 3.63) is 0 Å². The summed E-state index contributed by atoms with van der Waals surface area (Å²) < 4.78 is 17.4. The van der Waals surface area contributed by atoms with E-state index >= 15 is 0 Å². The number of likely N-dealkylation sites (N-methyl/N-ethyl adjacent to an activating group) is 2. The minimum Gasteiger partial charge on any atom is -0.390 e. The third kappa shape index (κ3) is 6.40. The van der Waals surface area contributed by atoms with Crippen LogP contribution in [0.15, 0.2) is 0 Å². The fourth-order valence-corrected chi connectivity index (χ4v) is 4.94. The molecule has 8 unspecified atom stereocenters. The van der Waals surface area contributed by atoms with Gasteiger partial charge in [0.05, 0.1) is 30.9 Å². The summed E-state index contributed by atoms with van der Waals surface area (Å²) in [4.78, 5) is 5.78.